The topological polar surface area (TPSA) is 26.3 Å². The summed E-state index contributed by atoms with van der Waals surface area (Å²) < 4.78 is 31.5. The average Bonchev–Trinajstić information content (AvgIpc) is 2.23. The Labute approximate surface area is 86.9 Å². The number of aryl methyl sites for hydroxylation is 1. The van der Waals surface area contributed by atoms with Gasteiger partial charge in [0.05, 0.1) is 6.61 Å². The fraction of sp³-hybridized carbons (Fsp3) is 0.364. The van der Waals surface area contributed by atoms with Crippen molar-refractivity contribution in [3.63, 3.8) is 0 Å². The van der Waals surface area contributed by atoms with E-state index in [4.69, 9.17) is 4.74 Å². The van der Waals surface area contributed by atoms with Gasteiger partial charge in [0.2, 0.25) is 0 Å². The average molecular weight is 214 g/mol. The predicted molar refractivity (Wildman–Crippen MR) is 51.5 cm³/mol. The van der Waals surface area contributed by atoms with Crippen molar-refractivity contribution < 1.29 is 18.3 Å². The van der Waals surface area contributed by atoms with E-state index in [-0.39, 0.29) is 25.0 Å². The first-order valence-electron chi connectivity index (χ1n) is 4.59. The van der Waals surface area contributed by atoms with Gasteiger partial charge >= 0.3 is 0 Å². The van der Waals surface area contributed by atoms with Gasteiger partial charge in [0, 0.05) is 19.1 Å². The molecule has 0 aliphatic carbocycles. The molecule has 2 nitrogen and oxygen atoms in total. The number of carbonyl (C=O) groups excluding carboxylic acids is 1. The SMILES string of the molecule is COCc1c(F)ccc(CCC=O)c1F. The van der Waals surface area contributed by atoms with E-state index in [1.54, 1.807) is 0 Å². The Morgan fingerprint density at radius 2 is 2.13 bits per heavy atom. The number of ether oxygens (including phenoxy) is 1. The van der Waals surface area contributed by atoms with Crippen molar-refractivity contribution in [3.8, 4) is 0 Å². The third kappa shape index (κ3) is 2.83. The molecule has 0 atom stereocenters. The van der Waals surface area contributed by atoms with Crippen LogP contribution in [-0.2, 0) is 22.6 Å². The molecule has 0 aliphatic rings. The standard InChI is InChI=1S/C11H12F2O2/c1-15-7-9-10(12)5-4-8(11(9)13)3-2-6-14/h4-6H,2-3,7H2,1H3. The molecule has 0 aliphatic heterocycles. The normalized spacial score (nSPS) is 10.3. The monoisotopic (exact) mass is 214 g/mol. The summed E-state index contributed by atoms with van der Waals surface area (Å²) in [5.41, 5.74) is 0.261. The maximum atomic E-state index is 13.6. The fourth-order valence-corrected chi connectivity index (χ4v) is 1.33. The second kappa shape index (κ2) is 5.56. The van der Waals surface area contributed by atoms with Gasteiger partial charge in [-0.2, -0.15) is 0 Å². The van der Waals surface area contributed by atoms with Crippen molar-refractivity contribution in [2.75, 3.05) is 7.11 Å². The van der Waals surface area contributed by atoms with Crippen LogP contribution in [0, 0.1) is 11.6 Å². The lowest BCUT2D eigenvalue weighted by atomic mass is 10.1. The van der Waals surface area contributed by atoms with E-state index in [1.165, 1.54) is 19.2 Å². The fourth-order valence-electron chi connectivity index (χ4n) is 1.33. The number of hydrogen-bond donors (Lipinski definition) is 0. The van der Waals surface area contributed by atoms with Gasteiger partial charge in [-0.05, 0) is 18.1 Å². The molecule has 1 aromatic rings. The van der Waals surface area contributed by atoms with E-state index in [1.807, 2.05) is 0 Å². The highest BCUT2D eigenvalue weighted by Crippen LogP contribution is 2.18. The van der Waals surface area contributed by atoms with Crippen molar-refractivity contribution in [1.82, 2.24) is 0 Å². The van der Waals surface area contributed by atoms with Gasteiger partial charge in [-0.15, -0.1) is 0 Å². The molecule has 0 spiro atoms. The lowest BCUT2D eigenvalue weighted by molar-refractivity contribution is -0.107. The molecule has 0 radical (unpaired) electrons. The van der Waals surface area contributed by atoms with Gasteiger partial charge in [-0.25, -0.2) is 8.78 Å². The van der Waals surface area contributed by atoms with E-state index < -0.39 is 11.6 Å². The zero-order valence-electron chi connectivity index (χ0n) is 8.43. The van der Waals surface area contributed by atoms with E-state index >= 15 is 0 Å². The van der Waals surface area contributed by atoms with Crippen LogP contribution in [0.4, 0.5) is 8.78 Å². The molecule has 0 saturated carbocycles. The van der Waals surface area contributed by atoms with Gasteiger partial charge in [0.15, 0.2) is 0 Å². The second-order valence-corrected chi connectivity index (χ2v) is 3.14. The number of rotatable bonds is 5. The van der Waals surface area contributed by atoms with Gasteiger partial charge in [0.1, 0.15) is 17.9 Å². The van der Waals surface area contributed by atoms with E-state index in [2.05, 4.69) is 0 Å². The minimum absolute atomic E-state index is 0.0825. The van der Waals surface area contributed by atoms with Gasteiger partial charge in [-0.3, -0.25) is 0 Å². The Bertz CT molecular complexity index is 351. The Balaban J connectivity index is 2.98. The Hall–Kier alpha value is -1.29. The molecule has 0 heterocycles. The van der Waals surface area contributed by atoms with Gasteiger partial charge in [-0.1, -0.05) is 6.07 Å². The molecule has 0 unspecified atom stereocenters. The van der Waals surface area contributed by atoms with E-state index in [9.17, 15) is 13.6 Å². The largest absolute Gasteiger partial charge is 0.380 e. The first-order chi connectivity index (χ1) is 7.20. The highest BCUT2D eigenvalue weighted by atomic mass is 19.1. The lowest BCUT2D eigenvalue weighted by Crippen LogP contribution is -2.02. The lowest BCUT2D eigenvalue weighted by Gasteiger charge is -2.07. The number of benzene rings is 1. The van der Waals surface area contributed by atoms with Crippen molar-refractivity contribution in [2.45, 2.75) is 19.4 Å². The molecule has 0 amide bonds. The summed E-state index contributed by atoms with van der Waals surface area (Å²) in [5, 5.41) is 0. The Morgan fingerprint density at radius 1 is 1.40 bits per heavy atom. The van der Waals surface area contributed by atoms with Crippen LogP contribution >= 0.6 is 0 Å². The third-order valence-corrected chi connectivity index (χ3v) is 2.09. The highest BCUT2D eigenvalue weighted by molar-refractivity contribution is 5.50. The van der Waals surface area contributed by atoms with Crippen LogP contribution < -0.4 is 0 Å². The molecular weight excluding hydrogens is 202 g/mol. The van der Waals surface area contributed by atoms with Crippen LogP contribution in [0.2, 0.25) is 0 Å². The zero-order chi connectivity index (χ0) is 11.3. The first kappa shape index (κ1) is 11.8. The maximum absolute atomic E-state index is 13.6. The smallest absolute Gasteiger partial charge is 0.134 e. The molecule has 1 rings (SSSR count). The summed E-state index contributed by atoms with van der Waals surface area (Å²) in [6.45, 7) is -0.105. The molecule has 0 bridgehead atoms. The number of aldehydes is 1. The van der Waals surface area contributed by atoms with Crippen LogP contribution in [0.1, 0.15) is 17.5 Å². The quantitative estimate of drug-likeness (QED) is 0.702. The summed E-state index contributed by atoms with van der Waals surface area (Å²) in [6.07, 6.45) is 1.22. The highest BCUT2D eigenvalue weighted by Gasteiger charge is 2.12. The van der Waals surface area contributed by atoms with Crippen molar-refractivity contribution in [3.05, 3.63) is 34.9 Å². The molecule has 15 heavy (non-hydrogen) atoms. The third-order valence-electron chi connectivity index (χ3n) is 2.09. The molecule has 1 aromatic carbocycles. The molecular formula is C11H12F2O2. The summed E-state index contributed by atoms with van der Waals surface area (Å²) in [6, 6.07) is 2.55. The van der Waals surface area contributed by atoms with Crippen LogP contribution in [0.15, 0.2) is 12.1 Å². The number of carbonyl (C=O) groups is 1. The zero-order valence-corrected chi connectivity index (χ0v) is 8.43. The van der Waals surface area contributed by atoms with Gasteiger partial charge < -0.3 is 9.53 Å². The predicted octanol–water partition coefficient (Wildman–Crippen LogP) is 2.24. The minimum atomic E-state index is -0.621. The maximum Gasteiger partial charge on any atom is 0.134 e. The summed E-state index contributed by atoms with van der Waals surface area (Å²) in [7, 11) is 1.37. The Morgan fingerprint density at radius 3 is 2.73 bits per heavy atom. The molecule has 0 fully saturated rings. The van der Waals surface area contributed by atoms with Crippen molar-refractivity contribution in [2.24, 2.45) is 0 Å². The molecule has 82 valence electrons. The number of hydrogen-bond acceptors (Lipinski definition) is 2. The van der Waals surface area contributed by atoms with Crippen LogP contribution in [0.3, 0.4) is 0 Å². The van der Waals surface area contributed by atoms with Crippen LogP contribution in [0.5, 0.6) is 0 Å². The second-order valence-electron chi connectivity index (χ2n) is 3.14. The van der Waals surface area contributed by atoms with E-state index in [0.29, 0.717) is 11.8 Å². The van der Waals surface area contributed by atoms with E-state index in [0.717, 1.165) is 0 Å². The molecule has 0 aromatic heterocycles. The van der Waals surface area contributed by atoms with Crippen molar-refractivity contribution in [1.29, 1.82) is 0 Å². The molecule has 0 N–H and O–H groups in total. The summed E-state index contributed by atoms with van der Waals surface area (Å²) in [4.78, 5) is 10.1. The number of methoxy groups -OCH3 is 1. The summed E-state index contributed by atoms with van der Waals surface area (Å²) >= 11 is 0. The Kier molecular flexibility index (Phi) is 4.37. The summed E-state index contributed by atoms with van der Waals surface area (Å²) in [5.74, 6) is -1.23. The minimum Gasteiger partial charge on any atom is -0.380 e. The van der Waals surface area contributed by atoms with Gasteiger partial charge in [0.25, 0.3) is 0 Å². The molecule has 0 saturated heterocycles. The van der Waals surface area contributed by atoms with Crippen molar-refractivity contribution >= 4 is 6.29 Å². The number of halogens is 2. The molecule has 4 heteroatoms. The van der Waals surface area contributed by atoms with Crippen LogP contribution in [0.25, 0.3) is 0 Å². The first-order valence-corrected chi connectivity index (χ1v) is 4.59. The van der Waals surface area contributed by atoms with Crippen LogP contribution in [-0.4, -0.2) is 13.4 Å².